The summed E-state index contributed by atoms with van der Waals surface area (Å²) >= 11 is 0. The molecule has 0 radical (unpaired) electrons. The smallest absolute Gasteiger partial charge is 0.340 e. The maximum absolute atomic E-state index is 13.0. The number of aryl methyl sites for hydroxylation is 1. The molecule has 1 fully saturated rings. The number of ketones is 1. The van der Waals surface area contributed by atoms with E-state index in [-0.39, 0.29) is 30.3 Å². The number of hydrogen-bond acceptors (Lipinski definition) is 6. The highest BCUT2D eigenvalue weighted by Crippen LogP contribution is 2.24. The van der Waals surface area contributed by atoms with E-state index in [0.717, 1.165) is 0 Å². The summed E-state index contributed by atoms with van der Waals surface area (Å²) in [4.78, 5) is 42.2. The van der Waals surface area contributed by atoms with E-state index in [1.807, 2.05) is 6.92 Å². The van der Waals surface area contributed by atoms with Crippen molar-refractivity contribution in [2.24, 2.45) is 5.92 Å². The molecule has 0 bridgehead atoms. The van der Waals surface area contributed by atoms with E-state index < -0.39 is 5.97 Å². The lowest BCUT2D eigenvalue weighted by Gasteiger charge is -2.34. The third kappa shape index (κ3) is 4.58. The van der Waals surface area contributed by atoms with Gasteiger partial charge in [-0.15, -0.1) is 0 Å². The second kappa shape index (κ2) is 9.17. The van der Waals surface area contributed by atoms with Crippen LogP contribution >= 0.6 is 0 Å². The number of rotatable bonds is 7. The fourth-order valence-corrected chi connectivity index (χ4v) is 3.66. The number of piperidine rings is 1. The van der Waals surface area contributed by atoms with Crippen LogP contribution in [0.25, 0.3) is 0 Å². The highest BCUT2D eigenvalue weighted by molar-refractivity contribution is 6.03. The van der Waals surface area contributed by atoms with Crippen molar-refractivity contribution in [3.05, 3.63) is 22.5 Å². The zero-order valence-corrected chi connectivity index (χ0v) is 16.9. The molecule has 1 atom stereocenters. The highest BCUT2D eigenvalue weighted by Gasteiger charge is 2.32. The summed E-state index contributed by atoms with van der Waals surface area (Å²) in [6.07, 6.45) is 1.38. The van der Waals surface area contributed by atoms with Crippen LogP contribution in [0, 0.1) is 19.8 Å². The molecule has 27 heavy (non-hydrogen) atoms. The maximum Gasteiger partial charge on any atom is 0.340 e. The lowest BCUT2D eigenvalue weighted by atomic mass is 9.94. The minimum atomic E-state index is -0.411. The number of carbonyl (C=O) groups is 3. The topological polar surface area (TPSA) is 88.7 Å². The minimum absolute atomic E-state index is 0.0549. The fraction of sp³-hybridized carbons (Fsp3) is 0.650. The molecule has 0 aromatic carbocycles. The van der Waals surface area contributed by atoms with Crippen molar-refractivity contribution in [1.82, 2.24) is 9.88 Å². The third-order valence-electron chi connectivity index (χ3n) is 5.24. The highest BCUT2D eigenvalue weighted by atomic mass is 16.5. The summed E-state index contributed by atoms with van der Waals surface area (Å²) in [6, 6.07) is -0.333. The Labute approximate surface area is 160 Å². The maximum atomic E-state index is 13.0. The number of nitrogens with zero attached hydrogens (tertiary/aromatic N) is 1. The van der Waals surface area contributed by atoms with Gasteiger partial charge >= 0.3 is 11.9 Å². The quantitative estimate of drug-likeness (QED) is 0.580. The Hall–Kier alpha value is -2.15. The van der Waals surface area contributed by atoms with Gasteiger partial charge in [0.05, 0.1) is 36.4 Å². The molecule has 0 aliphatic carbocycles. The molecule has 1 aromatic rings. The molecule has 1 saturated heterocycles. The molecule has 1 aliphatic heterocycles. The Balaban J connectivity index is 2.07. The van der Waals surface area contributed by atoms with Crippen LogP contribution in [-0.2, 0) is 14.3 Å². The first kappa shape index (κ1) is 21.2. The van der Waals surface area contributed by atoms with Gasteiger partial charge in [0, 0.05) is 5.69 Å². The van der Waals surface area contributed by atoms with Gasteiger partial charge in [-0.05, 0) is 66.1 Å². The number of H-pyrrole nitrogens is 1. The van der Waals surface area contributed by atoms with Crippen LogP contribution in [0.3, 0.4) is 0 Å². The Morgan fingerprint density at radius 2 is 1.70 bits per heavy atom. The van der Waals surface area contributed by atoms with E-state index in [2.05, 4.69) is 9.88 Å². The third-order valence-corrected chi connectivity index (χ3v) is 5.24. The summed E-state index contributed by atoms with van der Waals surface area (Å²) in [5.41, 5.74) is 2.16. The Morgan fingerprint density at radius 3 is 2.26 bits per heavy atom. The van der Waals surface area contributed by atoms with Crippen LogP contribution in [0.4, 0.5) is 0 Å². The zero-order chi connectivity index (χ0) is 20.1. The van der Waals surface area contributed by atoms with E-state index in [1.54, 1.807) is 27.7 Å². The Bertz CT molecular complexity index is 701. The van der Waals surface area contributed by atoms with Crippen molar-refractivity contribution < 1.29 is 23.9 Å². The van der Waals surface area contributed by atoms with Crippen molar-refractivity contribution in [3.63, 3.8) is 0 Å². The Kier molecular flexibility index (Phi) is 7.18. The van der Waals surface area contributed by atoms with Crippen molar-refractivity contribution in [1.29, 1.82) is 0 Å². The van der Waals surface area contributed by atoms with Gasteiger partial charge < -0.3 is 14.5 Å². The van der Waals surface area contributed by atoms with Gasteiger partial charge in [-0.1, -0.05) is 0 Å². The van der Waals surface area contributed by atoms with Crippen molar-refractivity contribution in [2.45, 2.75) is 53.5 Å². The number of likely N-dealkylation sites (tertiary alicyclic amines) is 1. The molecule has 2 rings (SSSR count). The van der Waals surface area contributed by atoms with Crippen molar-refractivity contribution in [3.8, 4) is 0 Å². The van der Waals surface area contributed by atoms with Crippen molar-refractivity contribution >= 4 is 17.7 Å². The van der Waals surface area contributed by atoms with Crippen LogP contribution in [0.1, 0.15) is 65.7 Å². The van der Waals surface area contributed by atoms with Gasteiger partial charge in [0.2, 0.25) is 0 Å². The van der Waals surface area contributed by atoms with Crippen LogP contribution in [0.15, 0.2) is 0 Å². The van der Waals surface area contributed by atoms with Crippen LogP contribution in [0.5, 0.6) is 0 Å². The predicted octanol–water partition coefficient (Wildman–Crippen LogP) is 2.65. The SMILES string of the molecule is CCOC(=O)c1c(C)[nH]c(C(=O)C(C)N2CCC(C(=O)OCC)CC2)c1C. The number of Topliss-reactive ketones (excluding diaryl/α,β-unsaturated/α-hetero) is 1. The Morgan fingerprint density at radius 1 is 1.11 bits per heavy atom. The standard InChI is InChI=1S/C20H30N2O5/c1-6-26-19(24)15-8-10-22(11-9-15)14(5)18(23)17-12(3)16(13(4)21-17)20(25)27-7-2/h14-15,21H,6-11H2,1-5H3. The number of aromatic nitrogens is 1. The average Bonchev–Trinajstić information content (AvgIpc) is 2.95. The molecule has 1 N–H and O–H groups in total. The number of hydrogen-bond donors (Lipinski definition) is 1. The average molecular weight is 378 g/mol. The zero-order valence-electron chi connectivity index (χ0n) is 16.9. The number of esters is 2. The summed E-state index contributed by atoms with van der Waals surface area (Å²) in [6.45, 7) is 11.0. The molecule has 7 nitrogen and oxygen atoms in total. The molecule has 0 saturated carbocycles. The lowest BCUT2D eigenvalue weighted by Crippen LogP contribution is -2.45. The molecule has 0 amide bonds. The van der Waals surface area contributed by atoms with Gasteiger partial charge in [-0.3, -0.25) is 14.5 Å². The lowest BCUT2D eigenvalue weighted by molar-refractivity contribution is -0.149. The van der Waals surface area contributed by atoms with Gasteiger partial charge in [-0.2, -0.15) is 0 Å². The summed E-state index contributed by atoms with van der Waals surface area (Å²) in [7, 11) is 0. The molecular weight excluding hydrogens is 348 g/mol. The van der Waals surface area contributed by atoms with Crippen LogP contribution < -0.4 is 0 Å². The van der Waals surface area contributed by atoms with Crippen LogP contribution in [-0.4, -0.2) is 60.0 Å². The number of aromatic amines is 1. The second-order valence-corrected chi connectivity index (χ2v) is 6.95. The first-order valence-electron chi connectivity index (χ1n) is 9.62. The normalized spacial score (nSPS) is 16.8. The largest absolute Gasteiger partial charge is 0.466 e. The van der Waals surface area contributed by atoms with E-state index in [1.165, 1.54) is 0 Å². The number of nitrogens with one attached hydrogen (secondary N) is 1. The molecule has 0 spiro atoms. The number of ether oxygens (including phenoxy) is 2. The fourth-order valence-electron chi connectivity index (χ4n) is 3.66. The molecule has 1 aliphatic rings. The molecule has 1 aromatic heterocycles. The van der Waals surface area contributed by atoms with Gasteiger partial charge in [0.15, 0.2) is 5.78 Å². The monoisotopic (exact) mass is 378 g/mol. The van der Waals surface area contributed by atoms with Gasteiger partial charge in [0.1, 0.15) is 0 Å². The van der Waals surface area contributed by atoms with Crippen molar-refractivity contribution in [2.75, 3.05) is 26.3 Å². The van der Waals surface area contributed by atoms with E-state index in [9.17, 15) is 14.4 Å². The van der Waals surface area contributed by atoms with E-state index in [0.29, 0.717) is 55.1 Å². The second-order valence-electron chi connectivity index (χ2n) is 6.95. The molecular formula is C20H30N2O5. The minimum Gasteiger partial charge on any atom is -0.466 e. The first-order valence-corrected chi connectivity index (χ1v) is 9.62. The van der Waals surface area contributed by atoms with Crippen LogP contribution in [0.2, 0.25) is 0 Å². The van der Waals surface area contributed by atoms with E-state index in [4.69, 9.17) is 9.47 Å². The molecule has 7 heteroatoms. The summed E-state index contributed by atoms with van der Waals surface area (Å²) in [5, 5.41) is 0. The molecule has 1 unspecified atom stereocenters. The summed E-state index contributed by atoms with van der Waals surface area (Å²) in [5.74, 6) is -0.703. The number of carbonyl (C=O) groups excluding carboxylic acids is 3. The van der Waals surface area contributed by atoms with Gasteiger partial charge in [0.25, 0.3) is 0 Å². The summed E-state index contributed by atoms with van der Waals surface area (Å²) < 4.78 is 10.2. The first-order chi connectivity index (χ1) is 12.8. The molecule has 2 heterocycles. The van der Waals surface area contributed by atoms with Gasteiger partial charge in [-0.25, -0.2) is 4.79 Å². The predicted molar refractivity (Wildman–Crippen MR) is 101 cm³/mol. The van der Waals surface area contributed by atoms with E-state index >= 15 is 0 Å². The molecule has 150 valence electrons.